The molecule has 20 aromatic rings. The van der Waals surface area contributed by atoms with Crippen LogP contribution in [-0.4, -0.2) is 18.3 Å². The number of hydrogen-bond acceptors (Lipinski definition) is 4. The van der Waals surface area contributed by atoms with Gasteiger partial charge in [-0.25, -0.2) is 9.69 Å². The first-order valence-corrected chi connectivity index (χ1v) is 32.2. The maximum atomic E-state index is 10.4. The van der Waals surface area contributed by atoms with E-state index in [9.17, 15) is 10.5 Å². The molecular formula is C88H48N8O2. The Kier molecular flexibility index (Phi) is 12.3. The molecule has 14 aromatic carbocycles. The minimum Gasteiger partial charge on any atom is -0.456 e. The zero-order valence-corrected chi connectivity index (χ0v) is 52.1. The second-order valence-electron chi connectivity index (χ2n) is 24.6. The van der Waals surface area contributed by atoms with Crippen molar-refractivity contribution in [2.24, 2.45) is 0 Å². The number of para-hydroxylation sites is 10. The lowest BCUT2D eigenvalue weighted by Gasteiger charge is -2.17. The summed E-state index contributed by atoms with van der Waals surface area (Å²) in [5.41, 5.74) is 20.5. The van der Waals surface area contributed by atoms with Crippen LogP contribution in [0.25, 0.3) is 186 Å². The van der Waals surface area contributed by atoms with Gasteiger partial charge in [0.1, 0.15) is 22.3 Å². The second kappa shape index (κ2) is 21.7. The van der Waals surface area contributed by atoms with Gasteiger partial charge in [0.2, 0.25) is 11.4 Å². The maximum Gasteiger partial charge on any atom is 0.211 e. The van der Waals surface area contributed by atoms with Crippen LogP contribution >= 0.6 is 0 Å². The Bertz CT molecular complexity index is 6900. The van der Waals surface area contributed by atoms with Crippen LogP contribution in [0.2, 0.25) is 0 Å². The van der Waals surface area contributed by atoms with Gasteiger partial charge >= 0.3 is 0 Å². The fraction of sp³-hybridized carbons (Fsp3) is 0. The predicted molar refractivity (Wildman–Crippen MR) is 398 cm³/mol. The lowest BCUT2D eigenvalue weighted by molar-refractivity contribution is 0.669. The Hall–Kier alpha value is -14.2. The SMILES string of the molecule is [C-]#[N+]c1cccc(-c2cc(C#N)cc(-n3c4ccccc4c4c5c(ccc43)oc3ccccc35)c2)c1-n1c2ccccc2c2ccccc21.[C-]#[N+]c1cccc(-c2cc(C#N)cc(-n3c4ccccc4c4c5oc6ccccc6c5ccc43)c2)c1-n1c2ccccc2c2ccccc21. The van der Waals surface area contributed by atoms with Gasteiger partial charge in [-0.3, -0.25) is 0 Å². The zero-order chi connectivity index (χ0) is 65.3. The number of rotatable bonds is 6. The summed E-state index contributed by atoms with van der Waals surface area (Å²) in [6.07, 6.45) is 0. The van der Waals surface area contributed by atoms with Crippen LogP contribution < -0.4 is 0 Å². The normalized spacial score (nSPS) is 11.6. The van der Waals surface area contributed by atoms with E-state index in [1.807, 2.05) is 133 Å². The highest BCUT2D eigenvalue weighted by Crippen LogP contribution is 2.47. The van der Waals surface area contributed by atoms with Crippen LogP contribution in [0.3, 0.4) is 0 Å². The summed E-state index contributed by atoms with van der Waals surface area (Å²) in [6.45, 7) is 16.5. The zero-order valence-electron chi connectivity index (χ0n) is 52.1. The maximum absolute atomic E-state index is 10.4. The Morgan fingerprint density at radius 1 is 0.286 bits per heavy atom. The average molecular weight is 1250 g/mol. The number of benzene rings is 14. The molecule has 0 radical (unpaired) electrons. The summed E-state index contributed by atoms with van der Waals surface area (Å²) >= 11 is 0. The Labute approximate surface area is 559 Å². The molecular weight excluding hydrogens is 1200 g/mol. The van der Waals surface area contributed by atoms with Crippen LogP contribution in [-0.2, 0) is 0 Å². The molecule has 0 N–H and O–H groups in total. The number of furan rings is 2. The molecule has 10 nitrogen and oxygen atoms in total. The Balaban J connectivity index is 0.000000137. The Morgan fingerprint density at radius 2 is 0.673 bits per heavy atom. The molecule has 0 spiro atoms. The van der Waals surface area contributed by atoms with Crippen molar-refractivity contribution in [1.29, 1.82) is 10.5 Å². The van der Waals surface area contributed by atoms with Gasteiger partial charge in [-0.1, -0.05) is 182 Å². The molecule has 0 bridgehead atoms. The molecule has 10 heteroatoms. The highest BCUT2D eigenvalue weighted by Gasteiger charge is 2.26. The largest absolute Gasteiger partial charge is 0.456 e. The predicted octanol–water partition coefficient (Wildman–Crippen LogP) is 23.7. The Morgan fingerprint density at radius 3 is 1.14 bits per heavy atom. The van der Waals surface area contributed by atoms with Crippen molar-refractivity contribution < 1.29 is 8.83 Å². The van der Waals surface area contributed by atoms with E-state index in [0.29, 0.717) is 22.5 Å². The number of aromatic nitrogens is 4. The van der Waals surface area contributed by atoms with Crippen LogP contribution in [0, 0.1) is 35.8 Å². The molecule has 6 aromatic heterocycles. The summed E-state index contributed by atoms with van der Waals surface area (Å²) < 4.78 is 21.7. The van der Waals surface area contributed by atoms with E-state index in [-0.39, 0.29) is 0 Å². The molecule has 6 heterocycles. The van der Waals surface area contributed by atoms with Crippen molar-refractivity contribution in [3.05, 3.63) is 325 Å². The second-order valence-corrected chi connectivity index (χ2v) is 24.6. The third-order valence-electron chi connectivity index (χ3n) is 19.5. The van der Waals surface area contributed by atoms with E-state index >= 15 is 0 Å². The third kappa shape index (κ3) is 8.17. The lowest BCUT2D eigenvalue weighted by Crippen LogP contribution is -2.00. The molecule has 98 heavy (non-hydrogen) atoms. The van der Waals surface area contributed by atoms with Crippen molar-refractivity contribution in [3.63, 3.8) is 0 Å². The highest BCUT2D eigenvalue weighted by molar-refractivity contribution is 6.28. The van der Waals surface area contributed by atoms with Gasteiger partial charge in [0.05, 0.1) is 97.3 Å². The monoisotopic (exact) mass is 1250 g/mol. The van der Waals surface area contributed by atoms with Crippen molar-refractivity contribution in [3.8, 4) is 57.1 Å². The van der Waals surface area contributed by atoms with Gasteiger partial charge in [-0.15, -0.1) is 0 Å². The van der Waals surface area contributed by atoms with Gasteiger partial charge in [0.15, 0.2) is 0 Å². The van der Waals surface area contributed by atoms with E-state index in [2.05, 4.69) is 198 Å². The molecule has 0 aliphatic rings. The average Bonchev–Trinajstić information content (AvgIpc) is 1.57. The molecule has 0 aliphatic heterocycles. The van der Waals surface area contributed by atoms with Crippen molar-refractivity contribution in [2.75, 3.05) is 0 Å². The number of nitrogens with zero attached hydrogens (tertiary/aromatic N) is 8. The molecule has 452 valence electrons. The number of hydrogen-bond donors (Lipinski definition) is 0. The third-order valence-corrected chi connectivity index (χ3v) is 19.5. The topological polar surface area (TPSA) is 102 Å². The molecule has 0 aliphatic carbocycles. The molecule has 0 saturated heterocycles. The quantitative estimate of drug-likeness (QED) is 0.155. The highest BCUT2D eigenvalue weighted by atomic mass is 16.3. The minimum absolute atomic E-state index is 0.532. The summed E-state index contributed by atoms with van der Waals surface area (Å²) in [5.74, 6) is 0. The van der Waals surface area contributed by atoms with Gasteiger partial charge < -0.3 is 27.1 Å². The first kappa shape index (κ1) is 55.5. The first-order valence-electron chi connectivity index (χ1n) is 32.2. The smallest absolute Gasteiger partial charge is 0.211 e. The van der Waals surface area contributed by atoms with E-state index in [0.717, 1.165) is 176 Å². The van der Waals surface area contributed by atoms with Crippen LogP contribution in [0.1, 0.15) is 11.1 Å². The molecule has 0 atom stereocenters. The number of nitriles is 2. The lowest BCUT2D eigenvalue weighted by atomic mass is 9.99. The van der Waals surface area contributed by atoms with Crippen LogP contribution in [0.5, 0.6) is 0 Å². The van der Waals surface area contributed by atoms with Crippen molar-refractivity contribution in [1.82, 2.24) is 18.3 Å². The summed E-state index contributed by atoms with van der Waals surface area (Å²) in [7, 11) is 0. The van der Waals surface area contributed by atoms with Gasteiger partial charge in [-0.2, -0.15) is 10.5 Å². The molecule has 0 unspecified atom stereocenters. The first-order chi connectivity index (χ1) is 48.5. The van der Waals surface area contributed by atoms with Gasteiger partial charge in [-0.05, 0) is 131 Å². The summed E-state index contributed by atoms with van der Waals surface area (Å²) in [4.78, 5) is 8.04. The van der Waals surface area contributed by atoms with E-state index < -0.39 is 0 Å². The fourth-order valence-electron chi connectivity index (χ4n) is 15.5. The van der Waals surface area contributed by atoms with Crippen molar-refractivity contribution >= 4 is 142 Å². The molecule has 0 fully saturated rings. The fourth-order valence-corrected chi connectivity index (χ4v) is 15.5. The van der Waals surface area contributed by atoms with Gasteiger partial charge in [0.25, 0.3) is 0 Å². The van der Waals surface area contributed by atoms with Crippen LogP contribution in [0.4, 0.5) is 11.4 Å². The minimum atomic E-state index is 0.532. The van der Waals surface area contributed by atoms with E-state index in [1.54, 1.807) is 0 Å². The van der Waals surface area contributed by atoms with Crippen LogP contribution in [0.15, 0.2) is 300 Å². The molecule has 0 saturated carbocycles. The van der Waals surface area contributed by atoms with E-state index in [4.69, 9.17) is 22.0 Å². The molecule has 20 rings (SSSR count). The van der Waals surface area contributed by atoms with Crippen molar-refractivity contribution in [2.45, 2.75) is 0 Å². The van der Waals surface area contributed by atoms with E-state index in [1.165, 1.54) is 0 Å². The standard InChI is InChI=1S/2C44H24N4O/c1-46-36-16-10-15-30(43(36)48-37-17-6-2-11-31(37)32-12-3-7-18-38(32)48)28-23-27(26-45)24-29(25-28)47-39-19-8-4-14-35(39)42-40(47)22-21-34-33-13-5-9-20-41(33)49-44(34)42;1-46-35-16-10-15-30(44(35)48-36-17-6-2-11-31(36)32-12-3-7-18-37(32)48)28-23-27(26-45)24-29(25-28)47-38-19-8-4-13-33(38)42-39(47)21-22-41-43(42)34-14-5-9-20-40(34)49-41/h2*2-25H. The summed E-state index contributed by atoms with van der Waals surface area (Å²) in [6, 6.07) is 103. The molecule has 0 amide bonds. The summed E-state index contributed by atoms with van der Waals surface area (Å²) in [5, 5.41) is 33.9. The number of fused-ring (bicyclic) bond motifs is 20. The van der Waals surface area contributed by atoms with Gasteiger partial charge in [0, 0.05) is 70.6 Å².